The summed E-state index contributed by atoms with van der Waals surface area (Å²) in [7, 11) is 1.45. The number of ether oxygens (including phenoxy) is 1. The van der Waals surface area contributed by atoms with E-state index in [4.69, 9.17) is 4.74 Å². The van der Waals surface area contributed by atoms with Crippen LogP contribution >= 0.6 is 0 Å². The Hall–Kier alpha value is -1.35. The van der Waals surface area contributed by atoms with Crippen LogP contribution in [0.5, 0.6) is 0 Å². The molecule has 3 unspecified atom stereocenters. The highest BCUT2D eigenvalue weighted by atomic mass is 16.5. The van der Waals surface area contributed by atoms with Gasteiger partial charge in [0, 0.05) is 6.04 Å². The molecule has 1 aliphatic rings. The maximum Gasteiger partial charge on any atom is 0.327 e. The van der Waals surface area contributed by atoms with E-state index in [0.717, 1.165) is 18.4 Å². The lowest BCUT2D eigenvalue weighted by atomic mass is 9.70. The van der Waals surface area contributed by atoms with Crippen molar-refractivity contribution in [2.75, 3.05) is 7.11 Å². The van der Waals surface area contributed by atoms with Gasteiger partial charge in [-0.25, -0.2) is 4.79 Å². The molecule has 0 aromatic heterocycles. The minimum Gasteiger partial charge on any atom is -0.468 e. The predicted molar refractivity (Wildman–Crippen MR) is 84.9 cm³/mol. The number of nitrogens with one attached hydrogen (secondary N) is 1. The molecule has 1 fully saturated rings. The Kier molecular flexibility index (Phi) is 5.04. The summed E-state index contributed by atoms with van der Waals surface area (Å²) in [6.45, 7) is 6.92. The van der Waals surface area contributed by atoms with Crippen LogP contribution < -0.4 is 5.32 Å². The van der Waals surface area contributed by atoms with Crippen molar-refractivity contribution < 1.29 is 9.53 Å². The predicted octanol–water partition coefficient (Wildman–Crippen LogP) is 3.71. The zero-order chi connectivity index (χ0) is 15.5. The van der Waals surface area contributed by atoms with Gasteiger partial charge in [-0.1, -0.05) is 51.1 Å². The number of methoxy groups -OCH3 is 1. The molecule has 116 valence electrons. The van der Waals surface area contributed by atoms with Crippen LogP contribution in [0.4, 0.5) is 0 Å². The highest BCUT2D eigenvalue weighted by molar-refractivity contribution is 5.77. The normalized spacial score (nSPS) is 26.1. The molecule has 0 bridgehead atoms. The molecule has 1 aromatic rings. The zero-order valence-electron chi connectivity index (χ0n) is 13.6. The number of esters is 1. The van der Waals surface area contributed by atoms with E-state index in [1.807, 2.05) is 30.3 Å². The van der Waals surface area contributed by atoms with Crippen LogP contribution in [0.3, 0.4) is 0 Å². The standard InChI is InChI=1S/C18H27NO2/c1-13-10-15(12-18(2,3)11-13)19-16(17(20)21-4)14-8-6-5-7-9-14/h5-9,13,15-16,19H,10-12H2,1-4H3. The fraction of sp³-hybridized carbons (Fsp3) is 0.611. The molecule has 3 heteroatoms. The molecule has 1 N–H and O–H groups in total. The van der Waals surface area contributed by atoms with Gasteiger partial charge in [-0.05, 0) is 36.2 Å². The Morgan fingerprint density at radius 2 is 1.95 bits per heavy atom. The van der Waals surface area contributed by atoms with E-state index in [-0.39, 0.29) is 12.0 Å². The summed E-state index contributed by atoms with van der Waals surface area (Å²) in [5.41, 5.74) is 1.30. The molecule has 0 aliphatic heterocycles. The SMILES string of the molecule is COC(=O)C(NC1CC(C)CC(C)(C)C1)c1ccccc1. The first kappa shape index (κ1) is 16.0. The summed E-state index contributed by atoms with van der Waals surface area (Å²) in [6.07, 6.45) is 3.46. The Balaban J connectivity index is 2.14. The first-order chi connectivity index (χ1) is 9.91. The van der Waals surface area contributed by atoms with Crippen LogP contribution in [0.2, 0.25) is 0 Å². The molecule has 1 saturated carbocycles. The second kappa shape index (κ2) is 6.61. The van der Waals surface area contributed by atoms with Gasteiger partial charge in [0.15, 0.2) is 0 Å². The highest BCUT2D eigenvalue weighted by Gasteiger charge is 2.34. The molecule has 0 spiro atoms. The first-order valence-corrected chi connectivity index (χ1v) is 7.80. The largest absolute Gasteiger partial charge is 0.468 e. The van der Waals surface area contributed by atoms with Gasteiger partial charge in [-0.2, -0.15) is 0 Å². The second-order valence-electron chi connectivity index (χ2n) is 7.14. The van der Waals surface area contributed by atoms with Crippen molar-refractivity contribution in [2.24, 2.45) is 11.3 Å². The fourth-order valence-corrected chi connectivity index (χ4v) is 3.77. The number of benzene rings is 1. The van der Waals surface area contributed by atoms with Crippen molar-refractivity contribution in [1.82, 2.24) is 5.32 Å². The van der Waals surface area contributed by atoms with Gasteiger partial charge in [-0.3, -0.25) is 5.32 Å². The molecule has 1 aromatic carbocycles. The smallest absolute Gasteiger partial charge is 0.327 e. The number of carbonyl (C=O) groups is 1. The van der Waals surface area contributed by atoms with E-state index >= 15 is 0 Å². The second-order valence-corrected chi connectivity index (χ2v) is 7.14. The van der Waals surface area contributed by atoms with Crippen LogP contribution in [0.25, 0.3) is 0 Å². The van der Waals surface area contributed by atoms with Gasteiger partial charge in [0.1, 0.15) is 6.04 Å². The van der Waals surface area contributed by atoms with Gasteiger partial charge >= 0.3 is 5.97 Å². The van der Waals surface area contributed by atoms with Crippen molar-refractivity contribution in [2.45, 2.75) is 52.1 Å². The molecule has 21 heavy (non-hydrogen) atoms. The fourth-order valence-electron chi connectivity index (χ4n) is 3.77. The number of carbonyl (C=O) groups excluding carboxylic acids is 1. The maximum absolute atomic E-state index is 12.1. The van der Waals surface area contributed by atoms with Crippen molar-refractivity contribution in [3.8, 4) is 0 Å². The van der Waals surface area contributed by atoms with E-state index in [9.17, 15) is 4.79 Å². The molecular formula is C18H27NO2. The van der Waals surface area contributed by atoms with E-state index in [1.54, 1.807) is 0 Å². The lowest BCUT2D eigenvalue weighted by Crippen LogP contribution is -2.44. The summed E-state index contributed by atoms with van der Waals surface area (Å²) in [4.78, 5) is 12.1. The van der Waals surface area contributed by atoms with Crippen molar-refractivity contribution in [3.63, 3.8) is 0 Å². The van der Waals surface area contributed by atoms with Gasteiger partial charge in [0.2, 0.25) is 0 Å². The number of hydrogen-bond acceptors (Lipinski definition) is 3. The summed E-state index contributed by atoms with van der Waals surface area (Å²) in [5, 5.41) is 3.53. The van der Waals surface area contributed by atoms with E-state index in [1.165, 1.54) is 13.5 Å². The minimum absolute atomic E-state index is 0.211. The molecule has 1 aliphatic carbocycles. The van der Waals surface area contributed by atoms with E-state index in [0.29, 0.717) is 17.4 Å². The van der Waals surface area contributed by atoms with Crippen LogP contribution in [0.15, 0.2) is 30.3 Å². The average molecular weight is 289 g/mol. The Bertz CT molecular complexity index is 469. The third-order valence-corrected chi connectivity index (χ3v) is 4.36. The first-order valence-electron chi connectivity index (χ1n) is 7.80. The number of rotatable bonds is 4. The summed E-state index contributed by atoms with van der Waals surface area (Å²) in [5.74, 6) is 0.470. The van der Waals surface area contributed by atoms with E-state index < -0.39 is 0 Å². The Labute approximate surface area is 128 Å². The van der Waals surface area contributed by atoms with Gasteiger partial charge in [0.25, 0.3) is 0 Å². The summed E-state index contributed by atoms with van der Waals surface area (Å²) < 4.78 is 4.99. The summed E-state index contributed by atoms with van der Waals surface area (Å²) >= 11 is 0. The molecular weight excluding hydrogens is 262 g/mol. The third kappa shape index (κ3) is 4.31. The quantitative estimate of drug-likeness (QED) is 0.859. The molecule has 0 heterocycles. The van der Waals surface area contributed by atoms with Gasteiger partial charge in [-0.15, -0.1) is 0 Å². The third-order valence-electron chi connectivity index (χ3n) is 4.36. The van der Waals surface area contributed by atoms with Crippen LogP contribution in [0.1, 0.15) is 51.6 Å². The van der Waals surface area contributed by atoms with Crippen LogP contribution in [-0.2, 0) is 9.53 Å². The molecule has 0 amide bonds. The van der Waals surface area contributed by atoms with Crippen molar-refractivity contribution in [1.29, 1.82) is 0 Å². The van der Waals surface area contributed by atoms with Crippen molar-refractivity contribution in [3.05, 3.63) is 35.9 Å². The van der Waals surface area contributed by atoms with Gasteiger partial charge in [0.05, 0.1) is 7.11 Å². The highest BCUT2D eigenvalue weighted by Crippen LogP contribution is 2.39. The lowest BCUT2D eigenvalue weighted by molar-refractivity contribution is -0.143. The topological polar surface area (TPSA) is 38.3 Å². The van der Waals surface area contributed by atoms with E-state index in [2.05, 4.69) is 26.1 Å². The average Bonchev–Trinajstić information content (AvgIpc) is 2.43. The summed E-state index contributed by atoms with van der Waals surface area (Å²) in [6, 6.07) is 9.82. The molecule has 3 nitrogen and oxygen atoms in total. The van der Waals surface area contributed by atoms with Crippen LogP contribution in [0, 0.1) is 11.3 Å². The van der Waals surface area contributed by atoms with Gasteiger partial charge < -0.3 is 4.74 Å². The molecule has 2 rings (SSSR count). The molecule has 3 atom stereocenters. The van der Waals surface area contributed by atoms with Crippen LogP contribution in [-0.4, -0.2) is 19.1 Å². The van der Waals surface area contributed by atoms with Crippen molar-refractivity contribution >= 4 is 5.97 Å². The monoisotopic (exact) mass is 289 g/mol. The Morgan fingerprint density at radius 1 is 1.29 bits per heavy atom. The number of hydrogen-bond donors (Lipinski definition) is 1. The maximum atomic E-state index is 12.1. The zero-order valence-corrected chi connectivity index (χ0v) is 13.6. The lowest BCUT2D eigenvalue weighted by Gasteiger charge is -2.40. The Morgan fingerprint density at radius 3 is 2.52 bits per heavy atom. The minimum atomic E-state index is -0.373. The molecule has 0 saturated heterocycles. The molecule has 0 radical (unpaired) electrons.